The third-order valence-corrected chi connectivity index (χ3v) is 4.26. The van der Waals surface area contributed by atoms with E-state index in [1.54, 1.807) is 11.0 Å². The first-order valence-corrected chi connectivity index (χ1v) is 8.05. The second-order valence-corrected chi connectivity index (χ2v) is 6.15. The van der Waals surface area contributed by atoms with Gasteiger partial charge in [-0.15, -0.1) is 0 Å². The Bertz CT molecular complexity index is 597. The van der Waals surface area contributed by atoms with Gasteiger partial charge in [0.05, 0.1) is 0 Å². The first kappa shape index (κ1) is 17.5. The molecule has 0 spiro atoms. The summed E-state index contributed by atoms with van der Waals surface area (Å²) in [6.07, 6.45) is 0.842. The summed E-state index contributed by atoms with van der Waals surface area (Å²) in [6, 6.07) is 4.01. The Morgan fingerprint density at radius 3 is 2.74 bits per heavy atom. The fourth-order valence-corrected chi connectivity index (χ4v) is 2.60. The lowest BCUT2D eigenvalue weighted by molar-refractivity contribution is -0.122. The smallest absolute Gasteiger partial charge is 0.320 e. The molecule has 1 aliphatic rings. The van der Waals surface area contributed by atoms with Crippen LogP contribution in [0.4, 0.5) is 9.18 Å². The molecule has 1 aromatic rings. The second kappa shape index (κ2) is 7.64. The largest absolute Gasteiger partial charge is 0.352 e. The number of carbonyl (C=O) groups is 2. The number of hydrogen-bond acceptors (Lipinski definition) is 2. The van der Waals surface area contributed by atoms with Gasteiger partial charge in [0.25, 0.3) is 0 Å². The van der Waals surface area contributed by atoms with Gasteiger partial charge >= 0.3 is 6.03 Å². The third-order valence-electron chi connectivity index (χ3n) is 3.91. The van der Waals surface area contributed by atoms with Gasteiger partial charge in [-0.2, -0.15) is 0 Å². The number of nitrogens with zero attached hydrogens (tertiary/aromatic N) is 2. The SMILES string of the molecule is CCC(C)NC(=O)CN1CCN(Cc2ccc(F)cc2Cl)C1=O. The van der Waals surface area contributed by atoms with Crippen LogP contribution in [-0.4, -0.2) is 47.4 Å². The van der Waals surface area contributed by atoms with Gasteiger partial charge in [0.2, 0.25) is 5.91 Å². The van der Waals surface area contributed by atoms with Crippen molar-refractivity contribution in [2.45, 2.75) is 32.9 Å². The van der Waals surface area contributed by atoms with Crippen LogP contribution in [0.3, 0.4) is 0 Å². The molecule has 1 fully saturated rings. The molecule has 1 aliphatic heterocycles. The summed E-state index contributed by atoms with van der Waals surface area (Å²) in [5.74, 6) is -0.566. The monoisotopic (exact) mass is 341 g/mol. The molecule has 0 radical (unpaired) electrons. The van der Waals surface area contributed by atoms with Gasteiger partial charge in [0.1, 0.15) is 12.4 Å². The third kappa shape index (κ3) is 4.58. The van der Waals surface area contributed by atoms with Gasteiger partial charge < -0.3 is 15.1 Å². The highest BCUT2D eigenvalue weighted by molar-refractivity contribution is 6.31. The van der Waals surface area contributed by atoms with E-state index in [-0.39, 0.29) is 24.5 Å². The Morgan fingerprint density at radius 2 is 2.09 bits per heavy atom. The van der Waals surface area contributed by atoms with Crippen molar-refractivity contribution in [3.8, 4) is 0 Å². The Hall–Kier alpha value is -1.82. The number of hydrogen-bond donors (Lipinski definition) is 1. The van der Waals surface area contributed by atoms with Crippen LogP contribution in [0, 0.1) is 5.82 Å². The number of carbonyl (C=O) groups excluding carboxylic acids is 2. The lowest BCUT2D eigenvalue weighted by Crippen LogP contribution is -2.42. The van der Waals surface area contributed by atoms with Crippen molar-refractivity contribution in [1.29, 1.82) is 0 Å². The minimum absolute atomic E-state index is 0.0524. The first-order chi connectivity index (χ1) is 10.9. The second-order valence-electron chi connectivity index (χ2n) is 5.74. The summed E-state index contributed by atoms with van der Waals surface area (Å²) in [7, 11) is 0. The van der Waals surface area contributed by atoms with E-state index in [0.29, 0.717) is 30.2 Å². The first-order valence-electron chi connectivity index (χ1n) is 7.67. The minimum Gasteiger partial charge on any atom is -0.352 e. The Kier molecular flexibility index (Phi) is 5.82. The fraction of sp³-hybridized carbons (Fsp3) is 0.500. The highest BCUT2D eigenvalue weighted by atomic mass is 35.5. The zero-order chi connectivity index (χ0) is 17.0. The molecule has 126 valence electrons. The number of benzene rings is 1. The maximum absolute atomic E-state index is 13.1. The molecule has 7 heteroatoms. The van der Waals surface area contributed by atoms with E-state index >= 15 is 0 Å². The van der Waals surface area contributed by atoms with E-state index in [1.807, 2.05) is 13.8 Å². The van der Waals surface area contributed by atoms with Gasteiger partial charge in [0, 0.05) is 30.7 Å². The van der Waals surface area contributed by atoms with Crippen LogP contribution >= 0.6 is 11.6 Å². The van der Waals surface area contributed by atoms with Crippen molar-refractivity contribution < 1.29 is 14.0 Å². The summed E-state index contributed by atoms with van der Waals surface area (Å²) in [4.78, 5) is 27.3. The molecule has 1 atom stereocenters. The van der Waals surface area contributed by atoms with Gasteiger partial charge in [0.15, 0.2) is 0 Å². The maximum atomic E-state index is 13.1. The van der Waals surface area contributed by atoms with Crippen LogP contribution in [0.1, 0.15) is 25.8 Å². The average molecular weight is 342 g/mol. The molecule has 1 unspecified atom stereocenters. The molecule has 1 N–H and O–H groups in total. The van der Waals surface area contributed by atoms with Crippen molar-refractivity contribution in [3.63, 3.8) is 0 Å². The highest BCUT2D eigenvalue weighted by Crippen LogP contribution is 2.21. The summed E-state index contributed by atoms with van der Waals surface area (Å²) < 4.78 is 13.1. The highest BCUT2D eigenvalue weighted by Gasteiger charge is 2.30. The number of urea groups is 1. The molecule has 0 aromatic heterocycles. The number of nitrogens with one attached hydrogen (secondary N) is 1. The summed E-state index contributed by atoms with van der Waals surface area (Å²) in [6.45, 7) is 5.28. The van der Waals surface area contributed by atoms with Crippen molar-refractivity contribution in [2.24, 2.45) is 0 Å². The lowest BCUT2D eigenvalue weighted by atomic mass is 10.2. The van der Waals surface area contributed by atoms with E-state index in [9.17, 15) is 14.0 Å². The number of rotatable bonds is 6. The van der Waals surface area contributed by atoms with E-state index in [1.165, 1.54) is 17.0 Å². The molecule has 3 amide bonds. The van der Waals surface area contributed by atoms with Crippen molar-refractivity contribution in [2.75, 3.05) is 19.6 Å². The normalized spacial score (nSPS) is 15.9. The van der Waals surface area contributed by atoms with Crippen molar-refractivity contribution >= 4 is 23.5 Å². The van der Waals surface area contributed by atoms with Crippen LogP contribution in [0.2, 0.25) is 5.02 Å². The molecular weight excluding hydrogens is 321 g/mol. The topological polar surface area (TPSA) is 52.7 Å². The number of amides is 3. The Labute approximate surface area is 140 Å². The summed E-state index contributed by atoms with van der Waals surface area (Å²) >= 11 is 5.99. The van der Waals surface area contributed by atoms with E-state index in [0.717, 1.165) is 6.42 Å². The van der Waals surface area contributed by atoms with Crippen molar-refractivity contribution in [3.05, 3.63) is 34.6 Å². The van der Waals surface area contributed by atoms with Crippen molar-refractivity contribution in [1.82, 2.24) is 15.1 Å². The van der Waals surface area contributed by atoms with Crippen LogP contribution in [0.25, 0.3) is 0 Å². The molecule has 2 rings (SSSR count). The minimum atomic E-state index is -0.408. The maximum Gasteiger partial charge on any atom is 0.320 e. The van der Waals surface area contributed by atoms with Crippen LogP contribution in [-0.2, 0) is 11.3 Å². The summed E-state index contributed by atoms with van der Waals surface area (Å²) in [5.41, 5.74) is 0.687. The van der Waals surface area contributed by atoms with Crippen LogP contribution in [0.15, 0.2) is 18.2 Å². The molecule has 0 saturated carbocycles. The van der Waals surface area contributed by atoms with Gasteiger partial charge in [-0.25, -0.2) is 9.18 Å². The van der Waals surface area contributed by atoms with Gasteiger partial charge in [-0.3, -0.25) is 4.79 Å². The predicted molar refractivity (Wildman–Crippen MR) is 86.7 cm³/mol. The Balaban J connectivity index is 1.92. The summed E-state index contributed by atoms with van der Waals surface area (Å²) in [5, 5.41) is 3.14. The molecule has 1 heterocycles. The van der Waals surface area contributed by atoms with Gasteiger partial charge in [-0.1, -0.05) is 24.6 Å². The average Bonchev–Trinajstić information content (AvgIpc) is 2.82. The lowest BCUT2D eigenvalue weighted by Gasteiger charge is -2.20. The predicted octanol–water partition coefficient (Wildman–Crippen LogP) is 2.63. The molecule has 1 saturated heterocycles. The Morgan fingerprint density at radius 1 is 1.39 bits per heavy atom. The van der Waals surface area contributed by atoms with Gasteiger partial charge in [-0.05, 0) is 31.0 Å². The zero-order valence-corrected chi connectivity index (χ0v) is 14.1. The van der Waals surface area contributed by atoms with Crippen LogP contribution < -0.4 is 5.32 Å². The molecule has 0 bridgehead atoms. The standard InChI is InChI=1S/C16H21ClFN3O2/c1-3-11(2)19-15(22)10-21-7-6-20(16(21)23)9-12-4-5-13(18)8-14(12)17/h4-5,8,11H,3,6-7,9-10H2,1-2H3,(H,19,22). The van der Waals surface area contributed by atoms with E-state index in [4.69, 9.17) is 11.6 Å². The quantitative estimate of drug-likeness (QED) is 0.864. The van der Waals surface area contributed by atoms with E-state index in [2.05, 4.69) is 5.32 Å². The molecule has 1 aromatic carbocycles. The molecule has 0 aliphatic carbocycles. The molecule has 5 nitrogen and oxygen atoms in total. The number of halogens is 2. The molecular formula is C16H21ClFN3O2. The van der Waals surface area contributed by atoms with E-state index < -0.39 is 5.82 Å². The molecule has 23 heavy (non-hydrogen) atoms. The zero-order valence-electron chi connectivity index (χ0n) is 13.3. The van der Waals surface area contributed by atoms with Crippen LogP contribution in [0.5, 0.6) is 0 Å². The fourth-order valence-electron chi connectivity index (χ4n) is 2.38.